The normalized spacial score (nSPS) is 13.5. The molecule has 0 bridgehead atoms. The molecule has 2 aliphatic heterocycles. The second kappa shape index (κ2) is 27.4. The van der Waals surface area contributed by atoms with Crippen LogP contribution in [0.15, 0.2) is 298 Å². The van der Waals surface area contributed by atoms with Crippen LogP contribution in [0.5, 0.6) is 0 Å². The van der Waals surface area contributed by atoms with Gasteiger partial charge in [-0.15, -0.1) is 0 Å². The molecule has 18 aromatic rings. The van der Waals surface area contributed by atoms with Crippen LogP contribution in [-0.4, -0.2) is 15.8 Å². The standard InChI is InChI=1S/C115H108BN5/c1-21-22-29-84-70(2)85-30-23-24-31-86(85)93-64-79(48-52-91(84)93)120-105-66-81(118-101-56-40-73(112(9,10)11)60-95(101)96-61-74(113(12,13)14)41-57-102(96)118)50-54-99(105)116-100-55-51-82(119-103-58-42-75(114(15,16)17)62-97(103)98-63-76(115(18,19)20)43-59-104(98)119)67-106(100)121(80-49-53-92-89-34-26-25-32-87(89)88-33-27-28-35-90(88)94(92)65-80)108-69-83(68-107(120)109(108)116)117(77-44-36-71(37-45-77)110(3,4)5)78-46-38-72(39-47-78)111(6,7)8/h21-69H,1H2,2-20H3/b29-22-. The molecule has 0 N–H and O–H groups in total. The monoisotopic (exact) mass is 1570 g/mol. The molecule has 5 nitrogen and oxygen atoms in total. The van der Waals surface area contributed by atoms with Gasteiger partial charge in [-0.25, -0.2) is 0 Å². The van der Waals surface area contributed by atoms with Crippen LogP contribution < -0.4 is 31.1 Å². The Hall–Kier alpha value is -12.6. The summed E-state index contributed by atoms with van der Waals surface area (Å²) in [5.41, 5.74) is 30.1. The first-order valence-electron chi connectivity index (χ1n) is 43.5. The maximum atomic E-state index is 4.19. The largest absolute Gasteiger partial charge is 0.311 e. The second-order valence-electron chi connectivity index (χ2n) is 40.7. The summed E-state index contributed by atoms with van der Waals surface area (Å²) in [4.78, 5) is 7.89. The van der Waals surface area contributed by atoms with E-state index < -0.39 is 0 Å². The van der Waals surface area contributed by atoms with Crippen LogP contribution in [0.3, 0.4) is 0 Å². The van der Waals surface area contributed by atoms with Crippen LogP contribution in [0.2, 0.25) is 0 Å². The lowest BCUT2D eigenvalue weighted by atomic mass is 9.33. The highest BCUT2D eigenvalue weighted by atomic mass is 15.2. The summed E-state index contributed by atoms with van der Waals surface area (Å²) in [5, 5.41) is 17.2. The number of nitrogens with zero attached hydrogens (tertiary/aromatic N) is 5. The van der Waals surface area contributed by atoms with Gasteiger partial charge in [0, 0.05) is 78.4 Å². The summed E-state index contributed by atoms with van der Waals surface area (Å²) in [7, 11) is 0. The highest BCUT2D eigenvalue weighted by Gasteiger charge is 2.45. The maximum Gasteiger partial charge on any atom is 0.252 e. The Labute approximate surface area is 714 Å². The molecule has 20 rings (SSSR count). The molecule has 0 saturated carbocycles. The lowest BCUT2D eigenvalue weighted by molar-refractivity contribution is 0.590. The van der Waals surface area contributed by atoms with Crippen molar-refractivity contribution in [1.29, 1.82) is 0 Å². The number of allylic oxidation sites excluding steroid dienone is 2. The summed E-state index contributed by atoms with van der Waals surface area (Å²) >= 11 is 0. The van der Waals surface area contributed by atoms with Crippen LogP contribution in [0.25, 0.3) is 115 Å². The Morgan fingerprint density at radius 3 is 0.950 bits per heavy atom. The molecular weight excluding hydrogens is 1460 g/mol. The Balaban J connectivity index is 0.954. The fourth-order valence-electron chi connectivity index (χ4n) is 20.0. The highest BCUT2D eigenvalue weighted by Crippen LogP contribution is 2.53. The van der Waals surface area contributed by atoms with Crippen molar-refractivity contribution in [3.8, 4) is 11.4 Å². The van der Waals surface area contributed by atoms with E-state index in [2.05, 4.69) is 453 Å². The summed E-state index contributed by atoms with van der Waals surface area (Å²) in [6.45, 7) is 48.2. The minimum atomic E-state index is -0.279. The number of aryl methyl sites for hydroxylation is 1. The van der Waals surface area contributed by atoms with Crippen LogP contribution >= 0.6 is 0 Å². The SMILES string of the molecule is C=C/C=C\c1c(C)c2ccccc2c2cc(N3c4cc(-n5c6ccc(C(C)(C)C)cc6c6cc(C(C)(C)C)ccc65)ccc4B4c5ccc(-n6c7ccc(C(C)(C)C)cc7c7cc(C(C)(C)C)ccc76)cc5N(c5ccc6c7ccccc7c7ccccc7c6c5)c5cc(N(c6ccc(C(C)(C)C)cc6)c6ccc(C(C)(C)C)cc6)cc3c54)ccc12. The fraction of sp³-hybridized carbons (Fsp3) is 0.217. The molecule has 596 valence electrons. The van der Waals surface area contributed by atoms with Crippen molar-refractivity contribution in [1.82, 2.24) is 9.13 Å². The molecule has 0 spiro atoms. The van der Waals surface area contributed by atoms with E-state index in [1.165, 1.54) is 158 Å². The molecule has 0 atom stereocenters. The van der Waals surface area contributed by atoms with Gasteiger partial charge >= 0.3 is 0 Å². The van der Waals surface area contributed by atoms with Crippen molar-refractivity contribution >= 4 is 178 Å². The van der Waals surface area contributed by atoms with E-state index in [0.717, 1.165) is 62.6 Å². The maximum absolute atomic E-state index is 4.19. The van der Waals surface area contributed by atoms with Crippen molar-refractivity contribution in [2.45, 2.75) is 164 Å². The van der Waals surface area contributed by atoms with E-state index >= 15 is 0 Å². The number of hydrogen-bond donors (Lipinski definition) is 0. The molecule has 0 fully saturated rings. The lowest BCUT2D eigenvalue weighted by Crippen LogP contribution is -2.61. The van der Waals surface area contributed by atoms with Gasteiger partial charge in [-0.05, 0) is 288 Å². The van der Waals surface area contributed by atoms with Crippen LogP contribution in [-0.2, 0) is 32.5 Å². The third-order valence-corrected chi connectivity index (χ3v) is 26.7. The zero-order valence-electron chi connectivity index (χ0n) is 73.8. The minimum Gasteiger partial charge on any atom is -0.311 e. The quantitative estimate of drug-likeness (QED) is 0.0816. The first kappa shape index (κ1) is 77.0. The molecule has 2 aliphatic rings. The van der Waals surface area contributed by atoms with E-state index in [1.807, 2.05) is 6.08 Å². The summed E-state index contributed by atoms with van der Waals surface area (Å²) in [5.74, 6) is 0. The predicted molar refractivity (Wildman–Crippen MR) is 528 cm³/mol. The van der Waals surface area contributed by atoms with Crippen molar-refractivity contribution in [2.24, 2.45) is 0 Å². The first-order chi connectivity index (χ1) is 57.7. The average molecular weight is 1570 g/mol. The molecule has 0 unspecified atom stereocenters. The Kier molecular flexibility index (Phi) is 17.5. The summed E-state index contributed by atoms with van der Waals surface area (Å²) in [6.07, 6.45) is 6.24. The molecule has 2 aromatic heterocycles. The van der Waals surface area contributed by atoms with Crippen molar-refractivity contribution in [3.63, 3.8) is 0 Å². The summed E-state index contributed by atoms with van der Waals surface area (Å²) in [6, 6.07) is 110. The molecule has 0 radical (unpaired) electrons. The van der Waals surface area contributed by atoms with Gasteiger partial charge in [-0.1, -0.05) is 295 Å². The number of anilines is 9. The van der Waals surface area contributed by atoms with Crippen LogP contribution in [0, 0.1) is 6.92 Å². The van der Waals surface area contributed by atoms with Gasteiger partial charge in [0.05, 0.1) is 27.8 Å². The second-order valence-corrected chi connectivity index (χ2v) is 40.7. The average Bonchev–Trinajstić information content (AvgIpc) is 1.15. The van der Waals surface area contributed by atoms with Gasteiger partial charge in [-0.3, -0.25) is 0 Å². The van der Waals surface area contributed by atoms with E-state index in [0.29, 0.717) is 0 Å². The highest BCUT2D eigenvalue weighted by molar-refractivity contribution is 7.00. The zero-order chi connectivity index (χ0) is 84.2. The third-order valence-electron chi connectivity index (χ3n) is 26.7. The Bertz CT molecular complexity index is 7190. The molecule has 16 aromatic carbocycles. The number of fused-ring (bicyclic) bond motifs is 19. The molecule has 6 heteroatoms. The number of aromatic nitrogens is 2. The van der Waals surface area contributed by atoms with Crippen molar-refractivity contribution in [2.75, 3.05) is 14.7 Å². The number of hydrogen-bond acceptors (Lipinski definition) is 3. The predicted octanol–water partition coefficient (Wildman–Crippen LogP) is 30.5. The third kappa shape index (κ3) is 12.5. The van der Waals surface area contributed by atoms with E-state index in [9.17, 15) is 0 Å². The molecule has 0 amide bonds. The van der Waals surface area contributed by atoms with Gasteiger partial charge < -0.3 is 23.8 Å². The van der Waals surface area contributed by atoms with Gasteiger partial charge in [0.1, 0.15) is 0 Å². The van der Waals surface area contributed by atoms with E-state index in [1.54, 1.807) is 0 Å². The van der Waals surface area contributed by atoms with Crippen molar-refractivity contribution < 1.29 is 0 Å². The van der Waals surface area contributed by atoms with Gasteiger partial charge in [0.25, 0.3) is 6.71 Å². The van der Waals surface area contributed by atoms with Gasteiger partial charge in [-0.2, -0.15) is 0 Å². The Morgan fingerprint density at radius 1 is 0.273 bits per heavy atom. The number of benzene rings is 16. The topological polar surface area (TPSA) is 19.6 Å². The summed E-state index contributed by atoms with van der Waals surface area (Å²) < 4.78 is 5.13. The van der Waals surface area contributed by atoms with Gasteiger partial charge in [0.15, 0.2) is 0 Å². The van der Waals surface area contributed by atoms with Crippen LogP contribution in [0.4, 0.5) is 51.2 Å². The smallest absolute Gasteiger partial charge is 0.252 e. The first-order valence-corrected chi connectivity index (χ1v) is 43.5. The lowest BCUT2D eigenvalue weighted by Gasteiger charge is -2.45. The molecular formula is C115H108BN5. The minimum absolute atomic E-state index is 0.0723. The molecule has 4 heterocycles. The molecule has 0 saturated heterocycles. The molecule has 121 heavy (non-hydrogen) atoms. The van der Waals surface area contributed by atoms with Crippen LogP contribution in [0.1, 0.15) is 169 Å². The zero-order valence-corrected chi connectivity index (χ0v) is 73.8. The Morgan fingerprint density at radius 2 is 0.587 bits per heavy atom. The fourth-order valence-corrected chi connectivity index (χ4v) is 20.0. The van der Waals surface area contributed by atoms with E-state index in [-0.39, 0.29) is 39.2 Å². The van der Waals surface area contributed by atoms with E-state index in [4.69, 9.17) is 0 Å². The van der Waals surface area contributed by atoms with Crippen molar-refractivity contribution in [3.05, 3.63) is 342 Å². The molecule has 0 aliphatic carbocycles. The van der Waals surface area contributed by atoms with Gasteiger partial charge in [0.2, 0.25) is 0 Å². The number of rotatable bonds is 9.